The molecule has 7 nitrogen and oxygen atoms in total. The lowest BCUT2D eigenvalue weighted by Gasteiger charge is -2.27. The molecule has 1 fully saturated rings. The number of aromatic nitrogens is 2. The van der Waals surface area contributed by atoms with E-state index in [1.807, 2.05) is 0 Å². The summed E-state index contributed by atoms with van der Waals surface area (Å²) in [6.45, 7) is 2.21. The highest BCUT2D eigenvalue weighted by atomic mass is 32.1. The van der Waals surface area contributed by atoms with E-state index in [0.29, 0.717) is 28.5 Å². The normalized spacial score (nSPS) is 14.5. The van der Waals surface area contributed by atoms with Gasteiger partial charge in [0, 0.05) is 25.7 Å². The molecule has 9 heteroatoms. The molecule has 0 atom stereocenters. The molecule has 27 heavy (non-hydrogen) atoms. The zero-order chi connectivity index (χ0) is 18.8. The van der Waals surface area contributed by atoms with Gasteiger partial charge in [-0.05, 0) is 48.3 Å². The van der Waals surface area contributed by atoms with Crippen LogP contribution in [0.5, 0.6) is 0 Å². The van der Waals surface area contributed by atoms with Gasteiger partial charge in [0.15, 0.2) is 0 Å². The second-order valence-electron chi connectivity index (χ2n) is 6.46. The number of nitrogens with zero attached hydrogens (tertiary/aromatic N) is 4. The second-order valence-corrected chi connectivity index (χ2v) is 7.47. The molecule has 0 aliphatic carbocycles. The predicted molar refractivity (Wildman–Crippen MR) is 104 cm³/mol. The smallest absolute Gasteiger partial charge is 0.326 e. The van der Waals surface area contributed by atoms with Crippen molar-refractivity contribution >= 4 is 38.3 Å². The Kier molecular flexibility index (Phi) is 4.85. The van der Waals surface area contributed by atoms with Gasteiger partial charge in [0.2, 0.25) is 5.95 Å². The SMILES string of the molecule is O=[N+]([O-])c1cc2c(NCc3ccc(F)cc3)nc(N3CCCCC3)nc2s1. The zero-order valence-corrected chi connectivity index (χ0v) is 15.3. The first-order chi connectivity index (χ1) is 13.1. The van der Waals surface area contributed by atoms with E-state index in [1.165, 1.54) is 24.6 Å². The third kappa shape index (κ3) is 3.82. The van der Waals surface area contributed by atoms with E-state index < -0.39 is 4.92 Å². The Morgan fingerprint density at radius 2 is 1.93 bits per heavy atom. The van der Waals surface area contributed by atoms with Gasteiger partial charge >= 0.3 is 5.00 Å². The molecule has 4 rings (SSSR count). The molecule has 3 heterocycles. The summed E-state index contributed by atoms with van der Waals surface area (Å²) in [6, 6.07) is 7.71. The number of rotatable bonds is 5. The molecule has 1 aromatic carbocycles. The summed E-state index contributed by atoms with van der Waals surface area (Å²) >= 11 is 1.05. The van der Waals surface area contributed by atoms with E-state index in [0.717, 1.165) is 42.8 Å². The van der Waals surface area contributed by atoms with Crippen molar-refractivity contribution in [2.45, 2.75) is 25.8 Å². The number of nitro groups is 1. The molecular weight excluding hydrogens is 369 g/mol. The molecule has 2 aromatic heterocycles. The van der Waals surface area contributed by atoms with E-state index in [1.54, 1.807) is 12.1 Å². The Morgan fingerprint density at radius 3 is 2.63 bits per heavy atom. The molecule has 0 amide bonds. The minimum absolute atomic E-state index is 0.0416. The van der Waals surface area contributed by atoms with Crippen LogP contribution in [0.15, 0.2) is 30.3 Å². The zero-order valence-electron chi connectivity index (χ0n) is 14.5. The number of benzene rings is 1. The Balaban J connectivity index is 1.68. The minimum atomic E-state index is -0.406. The number of nitrogens with one attached hydrogen (secondary N) is 1. The van der Waals surface area contributed by atoms with E-state index >= 15 is 0 Å². The Hall–Kier alpha value is -2.81. The molecule has 1 N–H and O–H groups in total. The summed E-state index contributed by atoms with van der Waals surface area (Å²) in [5, 5.41) is 15.1. The highest BCUT2D eigenvalue weighted by Gasteiger charge is 2.20. The third-order valence-corrected chi connectivity index (χ3v) is 5.54. The largest absolute Gasteiger partial charge is 0.365 e. The van der Waals surface area contributed by atoms with Crippen LogP contribution < -0.4 is 10.2 Å². The molecule has 1 aliphatic heterocycles. The third-order valence-electron chi connectivity index (χ3n) is 4.56. The number of halogens is 1. The first kappa shape index (κ1) is 17.6. The number of fused-ring (bicyclic) bond motifs is 1. The Morgan fingerprint density at radius 1 is 1.19 bits per heavy atom. The van der Waals surface area contributed by atoms with Crippen molar-refractivity contribution in [3.63, 3.8) is 0 Å². The van der Waals surface area contributed by atoms with Gasteiger partial charge in [-0.2, -0.15) is 4.98 Å². The summed E-state index contributed by atoms with van der Waals surface area (Å²) in [6.07, 6.45) is 3.37. The lowest BCUT2D eigenvalue weighted by Crippen LogP contribution is -2.31. The van der Waals surface area contributed by atoms with Gasteiger partial charge in [-0.15, -0.1) is 0 Å². The average Bonchev–Trinajstić information content (AvgIpc) is 3.13. The van der Waals surface area contributed by atoms with Crippen molar-refractivity contribution in [3.8, 4) is 0 Å². The van der Waals surface area contributed by atoms with Crippen LogP contribution in [0.3, 0.4) is 0 Å². The summed E-state index contributed by atoms with van der Waals surface area (Å²) in [4.78, 5) is 22.7. The molecular formula is C18H18FN5O2S. The molecule has 1 saturated heterocycles. The maximum absolute atomic E-state index is 13.1. The van der Waals surface area contributed by atoms with Gasteiger partial charge < -0.3 is 10.2 Å². The lowest BCUT2D eigenvalue weighted by molar-refractivity contribution is -0.380. The first-order valence-electron chi connectivity index (χ1n) is 8.79. The van der Waals surface area contributed by atoms with E-state index in [9.17, 15) is 14.5 Å². The quantitative estimate of drug-likeness (QED) is 0.518. The van der Waals surface area contributed by atoms with Gasteiger partial charge in [-0.1, -0.05) is 12.1 Å². The summed E-state index contributed by atoms with van der Waals surface area (Å²) in [7, 11) is 0. The molecule has 3 aromatic rings. The monoisotopic (exact) mass is 387 g/mol. The van der Waals surface area contributed by atoms with Crippen molar-refractivity contribution in [3.05, 3.63) is 51.8 Å². The fourth-order valence-electron chi connectivity index (χ4n) is 3.15. The summed E-state index contributed by atoms with van der Waals surface area (Å²) < 4.78 is 13.1. The van der Waals surface area contributed by atoms with Crippen LogP contribution in [-0.2, 0) is 6.54 Å². The Labute approximate surface area is 159 Å². The van der Waals surface area contributed by atoms with Gasteiger partial charge in [0.1, 0.15) is 16.5 Å². The first-order valence-corrected chi connectivity index (χ1v) is 9.61. The molecule has 0 saturated carbocycles. The average molecular weight is 387 g/mol. The molecule has 0 spiro atoms. The molecule has 0 radical (unpaired) electrons. The number of anilines is 2. The van der Waals surface area contributed by atoms with Gasteiger partial charge in [-0.25, -0.2) is 9.37 Å². The highest BCUT2D eigenvalue weighted by Crippen LogP contribution is 2.35. The second kappa shape index (κ2) is 7.43. The fraction of sp³-hybridized carbons (Fsp3) is 0.333. The van der Waals surface area contributed by atoms with Crippen LogP contribution in [0.2, 0.25) is 0 Å². The van der Waals surface area contributed by atoms with Gasteiger partial charge in [0.05, 0.1) is 10.3 Å². The number of thiophene rings is 1. The van der Waals surface area contributed by atoms with Gasteiger partial charge in [0.25, 0.3) is 0 Å². The standard InChI is InChI=1S/C18H18FN5O2S/c19-13-6-4-12(5-7-13)11-20-16-14-10-15(24(25)26)27-17(14)22-18(21-16)23-8-2-1-3-9-23/h4-7,10H,1-3,8-9,11H2,(H,20,21,22). The van der Waals surface area contributed by atoms with Crippen molar-refractivity contribution in [2.24, 2.45) is 0 Å². The molecule has 0 unspecified atom stereocenters. The predicted octanol–water partition coefficient (Wildman–Crippen LogP) is 4.34. The van der Waals surface area contributed by atoms with Gasteiger partial charge in [-0.3, -0.25) is 10.1 Å². The van der Waals surface area contributed by atoms with Crippen LogP contribution >= 0.6 is 11.3 Å². The summed E-state index contributed by atoms with van der Waals surface area (Å²) in [5.74, 6) is 0.874. The van der Waals surface area contributed by atoms with Crippen LogP contribution in [-0.4, -0.2) is 28.0 Å². The molecule has 140 valence electrons. The molecule has 1 aliphatic rings. The maximum Gasteiger partial charge on any atom is 0.326 e. The van der Waals surface area contributed by atoms with Crippen LogP contribution in [0.1, 0.15) is 24.8 Å². The van der Waals surface area contributed by atoms with Crippen molar-refractivity contribution < 1.29 is 9.31 Å². The van der Waals surface area contributed by atoms with Crippen molar-refractivity contribution in [2.75, 3.05) is 23.3 Å². The fourth-order valence-corrected chi connectivity index (χ4v) is 3.99. The number of hydrogen-bond donors (Lipinski definition) is 1. The van der Waals surface area contributed by atoms with Crippen LogP contribution in [0.25, 0.3) is 10.2 Å². The van der Waals surface area contributed by atoms with Crippen LogP contribution in [0.4, 0.5) is 21.2 Å². The summed E-state index contributed by atoms with van der Waals surface area (Å²) in [5.41, 5.74) is 0.896. The van der Waals surface area contributed by atoms with E-state index in [4.69, 9.17) is 0 Å². The van der Waals surface area contributed by atoms with E-state index in [-0.39, 0.29) is 10.8 Å². The number of hydrogen-bond acceptors (Lipinski definition) is 7. The lowest BCUT2D eigenvalue weighted by atomic mass is 10.1. The topological polar surface area (TPSA) is 84.2 Å². The minimum Gasteiger partial charge on any atom is -0.365 e. The number of piperidine rings is 1. The van der Waals surface area contributed by atoms with Crippen LogP contribution in [0, 0.1) is 15.9 Å². The van der Waals surface area contributed by atoms with Crippen molar-refractivity contribution in [1.29, 1.82) is 0 Å². The molecule has 0 bridgehead atoms. The van der Waals surface area contributed by atoms with E-state index in [2.05, 4.69) is 20.2 Å². The Bertz CT molecular complexity index is 970. The maximum atomic E-state index is 13.1. The highest BCUT2D eigenvalue weighted by molar-refractivity contribution is 7.21. The van der Waals surface area contributed by atoms with Crippen molar-refractivity contribution in [1.82, 2.24) is 9.97 Å².